The Kier molecular flexibility index (Phi) is 5.78. The first kappa shape index (κ1) is 17.5. The number of hydrogen-bond donors (Lipinski definition) is 0. The van der Waals surface area contributed by atoms with Crippen LogP contribution in [0.25, 0.3) is 0 Å². The Morgan fingerprint density at radius 3 is 2.57 bits per heavy atom. The summed E-state index contributed by atoms with van der Waals surface area (Å²) in [5.74, 6) is -0.224. The SMILES string of the molecule is CCN(C)C=Nc1cc(C)c(Cc2cc(Cl)ccc2F)cc1C. The van der Waals surface area contributed by atoms with Crippen molar-refractivity contribution in [2.24, 2.45) is 4.99 Å². The zero-order chi connectivity index (χ0) is 17.0. The topological polar surface area (TPSA) is 15.6 Å². The second-order valence-corrected chi connectivity index (χ2v) is 6.23. The number of hydrogen-bond acceptors (Lipinski definition) is 1. The molecule has 0 saturated carbocycles. The zero-order valence-corrected chi connectivity index (χ0v) is 14.8. The van der Waals surface area contributed by atoms with E-state index in [-0.39, 0.29) is 5.82 Å². The lowest BCUT2D eigenvalue weighted by Crippen LogP contribution is -2.14. The van der Waals surface area contributed by atoms with E-state index in [1.54, 1.807) is 12.1 Å². The van der Waals surface area contributed by atoms with Gasteiger partial charge in [0.2, 0.25) is 0 Å². The molecule has 122 valence electrons. The average molecular weight is 333 g/mol. The zero-order valence-electron chi connectivity index (χ0n) is 14.0. The summed E-state index contributed by atoms with van der Waals surface area (Å²) in [6.45, 7) is 7.04. The second-order valence-electron chi connectivity index (χ2n) is 5.80. The number of benzene rings is 2. The van der Waals surface area contributed by atoms with Gasteiger partial charge in [-0.05, 0) is 67.3 Å². The van der Waals surface area contributed by atoms with Gasteiger partial charge in [-0.2, -0.15) is 0 Å². The standard InChI is InChI=1S/C19H22ClFN2/c1-5-23(4)12-22-19-9-13(2)15(8-14(19)3)10-16-11-17(20)6-7-18(16)21/h6-9,11-12H,5,10H2,1-4H3. The molecule has 23 heavy (non-hydrogen) atoms. The van der Waals surface area contributed by atoms with Crippen LogP contribution in [0.5, 0.6) is 0 Å². The molecule has 0 fully saturated rings. The van der Waals surface area contributed by atoms with E-state index >= 15 is 0 Å². The lowest BCUT2D eigenvalue weighted by molar-refractivity contribution is 0.552. The van der Waals surface area contributed by atoms with Gasteiger partial charge < -0.3 is 4.90 Å². The molecule has 2 aromatic rings. The van der Waals surface area contributed by atoms with Gasteiger partial charge in [0.05, 0.1) is 12.0 Å². The van der Waals surface area contributed by atoms with E-state index in [1.165, 1.54) is 6.07 Å². The van der Waals surface area contributed by atoms with E-state index in [0.717, 1.165) is 28.9 Å². The molecule has 0 amide bonds. The number of halogens is 2. The molecule has 2 rings (SSSR count). The Balaban J connectivity index is 2.29. The summed E-state index contributed by atoms with van der Waals surface area (Å²) in [6, 6.07) is 8.80. The van der Waals surface area contributed by atoms with Gasteiger partial charge in [-0.25, -0.2) is 9.38 Å². The Bertz CT molecular complexity index is 726. The van der Waals surface area contributed by atoms with Crippen LogP contribution in [0.2, 0.25) is 5.02 Å². The van der Waals surface area contributed by atoms with E-state index in [1.807, 2.05) is 38.2 Å². The monoisotopic (exact) mass is 332 g/mol. The summed E-state index contributed by atoms with van der Waals surface area (Å²) in [6.07, 6.45) is 2.36. The fourth-order valence-electron chi connectivity index (χ4n) is 2.32. The maximum atomic E-state index is 13.9. The molecule has 2 aromatic carbocycles. The first-order valence-electron chi connectivity index (χ1n) is 7.69. The lowest BCUT2D eigenvalue weighted by Gasteiger charge is -2.12. The minimum Gasteiger partial charge on any atom is -0.366 e. The first-order chi connectivity index (χ1) is 10.9. The van der Waals surface area contributed by atoms with Crippen LogP contribution >= 0.6 is 11.6 Å². The Labute approximate surface area is 142 Å². The normalized spacial score (nSPS) is 11.2. The van der Waals surface area contributed by atoms with Gasteiger partial charge in [-0.1, -0.05) is 17.7 Å². The minimum atomic E-state index is -0.224. The summed E-state index contributed by atoms with van der Waals surface area (Å²) >= 11 is 5.97. The molecule has 0 spiro atoms. The Morgan fingerprint density at radius 1 is 1.13 bits per heavy atom. The Hall–Kier alpha value is -1.87. The van der Waals surface area contributed by atoms with Crippen molar-refractivity contribution in [1.82, 2.24) is 4.90 Å². The predicted molar refractivity (Wildman–Crippen MR) is 96.6 cm³/mol. The third-order valence-corrected chi connectivity index (χ3v) is 4.17. The lowest BCUT2D eigenvalue weighted by atomic mass is 9.97. The van der Waals surface area contributed by atoms with Crippen molar-refractivity contribution in [2.45, 2.75) is 27.2 Å². The molecular weight excluding hydrogens is 311 g/mol. The van der Waals surface area contributed by atoms with Crippen LogP contribution in [-0.2, 0) is 6.42 Å². The fraction of sp³-hybridized carbons (Fsp3) is 0.316. The van der Waals surface area contributed by atoms with Crippen LogP contribution in [0.15, 0.2) is 35.3 Å². The molecule has 4 heteroatoms. The molecule has 0 saturated heterocycles. The molecule has 0 aliphatic carbocycles. The van der Waals surface area contributed by atoms with Crippen molar-refractivity contribution in [1.29, 1.82) is 0 Å². The molecule has 0 atom stereocenters. The number of aliphatic imine (C=N–C) groups is 1. The first-order valence-corrected chi connectivity index (χ1v) is 8.07. The molecule has 0 radical (unpaired) electrons. The molecule has 0 aliphatic heterocycles. The molecule has 0 N–H and O–H groups in total. The van der Waals surface area contributed by atoms with Gasteiger partial charge in [0, 0.05) is 25.0 Å². The van der Waals surface area contributed by atoms with Gasteiger partial charge in [0.15, 0.2) is 0 Å². The summed E-state index contributed by atoms with van der Waals surface area (Å²) < 4.78 is 13.9. The van der Waals surface area contributed by atoms with E-state index in [2.05, 4.69) is 18.0 Å². The molecule has 0 aliphatic rings. The van der Waals surface area contributed by atoms with E-state index in [0.29, 0.717) is 17.0 Å². The third-order valence-electron chi connectivity index (χ3n) is 3.94. The molecule has 0 aromatic heterocycles. The maximum absolute atomic E-state index is 13.9. The average Bonchev–Trinajstić information content (AvgIpc) is 2.52. The van der Waals surface area contributed by atoms with Crippen molar-refractivity contribution in [3.63, 3.8) is 0 Å². The van der Waals surface area contributed by atoms with Crippen molar-refractivity contribution in [2.75, 3.05) is 13.6 Å². The van der Waals surface area contributed by atoms with Crippen molar-refractivity contribution >= 4 is 23.6 Å². The van der Waals surface area contributed by atoms with Gasteiger partial charge >= 0.3 is 0 Å². The summed E-state index contributed by atoms with van der Waals surface area (Å²) in [5.41, 5.74) is 4.82. The van der Waals surface area contributed by atoms with Gasteiger partial charge in [-0.15, -0.1) is 0 Å². The largest absolute Gasteiger partial charge is 0.366 e. The summed E-state index contributed by atoms with van der Waals surface area (Å²) in [4.78, 5) is 6.54. The van der Waals surface area contributed by atoms with Crippen LogP contribution < -0.4 is 0 Å². The second kappa shape index (κ2) is 7.60. The van der Waals surface area contributed by atoms with E-state index in [9.17, 15) is 4.39 Å². The predicted octanol–water partition coefficient (Wildman–Crippen LogP) is 5.30. The minimum absolute atomic E-state index is 0.224. The number of aryl methyl sites for hydroxylation is 2. The summed E-state index contributed by atoms with van der Waals surface area (Å²) in [5, 5.41) is 0.555. The quantitative estimate of drug-likeness (QED) is 0.536. The highest BCUT2D eigenvalue weighted by Crippen LogP contribution is 2.26. The highest BCUT2D eigenvalue weighted by atomic mass is 35.5. The molecule has 2 nitrogen and oxygen atoms in total. The smallest absolute Gasteiger partial charge is 0.126 e. The van der Waals surface area contributed by atoms with E-state index < -0.39 is 0 Å². The molecule has 0 heterocycles. The number of rotatable bonds is 5. The van der Waals surface area contributed by atoms with Crippen LogP contribution in [0.4, 0.5) is 10.1 Å². The summed E-state index contributed by atoms with van der Waals surface area (Å²) in [7, 11) is 1.99. The maximum Gasteiger partial charge on any atom is 0.126 e. The van der Waals surface area contributed by atoms with Gasteiger partial charge in [-0.3, -0.25) is 0 Å². The Morgan fingerprint density at radius 2 is 1.87 bits per heavy atom. The highest BCUT2D eigenvalue weighted by Gasteiger charge is 2.09. The number of nitrogens with zero attached hydrogens (tertiary/aromatic N) is 2. The van der Waals surface area contributed by atoms with Gasteiger partial charge in [0.25, 0.3) is 0 Å². The van der Waals surface area contributed by atoms with E-state index in [4.69, 9.17) is 11.6 Å². The van der Waals surface area contributed by atoms with Gasteiger partial charge in [0.1, 0.15) is 5.82 Å². The molecule has 0 unspecified atom stereocenters. The van der Waals surface area contributed by atoms with Crippen LogP contribution in [-0.4, -0.2) is 24.8 Å². The molecule has 0 bridgehead atoms. The molecular formula is C19H22ClFN2. The van der Waals surface area contributed by atoms with Crippen molar-refractivity contribution < 1.29 is 4.39 Å². The van der Waals surface area contributed by atoms with Crippen LogP contribution in [0, 0.1) is 19.7 Å². The van der Waals surface area contributed by atoms with Crippen molar-refractivity contribution in [3.8, 4) is 0 Å². The van der Waals surface area contributed by atoms with Crippen LogP contribution in [0.3, 0.4) is 0 Å². The van der Waals surface area contributed by atoms with Crippen molar-refractivity contribution in [3.05, 3.63) is 63.4 Å². The van der Waals surface area contributed by atoms with Crippen LogP contribution in [0.1, 0.15) is 29.2 Å². The third kappa shape index (κ3) is 4.55. The highest BCUT2D eigenvalue weighted by molar-refractivity contribution is 6.30. The fourth-order valence-corrected chi connectivity index (χ4v) is 2.51.